The van der Waals surface area contributed by atoms with Crippen LogP contribution in [0.25, 0.3) is 0 Å². The minimum atomic E-state index is -0.954. The molecule has 5 nitrogen and oxygen atoms in total. The summed E-state index contributed by atoms with van der Waals surface area (Å²) >= 11 is 8.60. The van der Waals surface area contributed by atoms with Gasteiger partial charge in [-0.3, -0.25) is 9.59 Å². The molecule has 0 amide bonds. The summed E-state index contributed by atoms with van der Waals surface area (Å²) in [6.45, 7) is 2.05. The van der Waals surface area contributed by atoms with Gasteiger partial charge in [0.05, 0.1) is 8.96 Å². The third-order valence-electron chi connectivity index (χ3n) is 2.24. The number of carbonyl (C=O) groups is 2. The molecule has 20 heavy (non-hydrogen) atoms. The van der Waals surface area contributed by atoms with Gasteiger partial charge < -0.3 is 10.2 Å². The molecule has 0 bridgehead atoms. The Bertz CT molecular complexity index is 554. The van der Waals surface area contributed by atoms with E-state index in [2.05, 4.69) is 59.7 Å². The van der Waals surface area contributed by atoms with E-state index in [9.17, 15) is 14.7 Å². The van der Waals surface area contributed by atoms with E-state index < -0.39 is 27.6 Å². The van der Waals surface area contributed by atoms with Crippen molar-refractivity contribution in [3.05, 3.63) is 49.0 Å². The number of aromatic nitrogens is 1. The second-order valence-corrected chi connectivity index (χ2v) is 6.08. The zero-order chi connectivity index (χ0) is 15.4. The van der Waals surface area contributed by atoms with E-state index in [4.69, 9.17) is 5.11 Å². The molecule has 0 saturated carbocycles. The second kappa shape index (κ2) is 7.14. The Morgan fingerprint density at radius 2 is 1.75 bits per heavy atom. The van der Waals surface area contributed by atoms with Gasteiger partial charge in [-0.15, -0.1) is 0 Å². The lowest BCUT2D eigenvalue weighted by molar-refractivity contribution is -0.378. The predicted octanol–water partition coefficient (Wildman–Crippen LogP) is 1.84. The number of hydrogen-bond donors (Lipinski definition) is 1. The fraction of sp³-hybridized carbons (Fsp3) is 0.0833. The van der Waals surface area contributed by atoms with Crippen LogP contribution in [0.2, 0.25) is 0 Å². The molecular formula is C12H8Br3NO4. The monoisotopic (exact) mass is 467 g/mol. The highest BCUT2D eigenvalue weighted by atomic mass is 79.9. The molecule has 0 fully saturated rings. The van der Waals surface area contributed by atoms with Gasteiger partial charge in [-0.05, 0) is 66.0 Å². The number of aryl methyl sites for hydroxylation is 1. The number of aliphatic hydroxyl groups is 1. The first-order chi connectivity index (χ1) is 9.27. The van der Waals surface area contributed by atoms with E-state index in [1.54, 1.807) is 0 Å². The minimum absolute atomic E-state index is 0.388. The molecule has 0 aromatic carbocycles. The normalized spacial score (nSPS) is 15.2. The van der Waals surface area contributed by atoms with Gasteiger partial charge in [0.15, 0.2) is 23.9 Å². The van der Waals surface area contributed by atoms with Crippen LogP contribution in [0.3, 0.4) is 0 Å². The average molecular weight is 470 g/mol. The van der Waals surface area contributed by atoms with Gasteiger partial charge in [0.1, 0.15) is 4.48 Å². The van der Waals surface area contributed by atoms with E-state index in [0.29, 0.717) is 0 Å². The molecule has 0 radical (unpaired) electrons. The van der Waals surface area contributed by atoms with E-state index >= 15 is 0 Å². The fourth-order valence-electron chi connectivity index (χ4n) is 1.10. The summed E-state index contributed by atoms with van der Waals surface area (Å²) in [5.74, 6) is -3.51. The van der Waals surface area contributed by atoms with Crippen LogP contribution in [0.4, 0.5) is 0 Å². The number of aromatic amines is 1. The fourth-order valence-corrected chi connectivity index (χ4v) is 2.09. The molecule has 0 spiro atoms. The van der Waals surface area contributed by atoms with Gasteiger partial charge >= 0.3 is 0 Å². The summed E-state index contributed by atoms with van der Waals surface area (Å²) in [5, 5.41) is 19.8. The Morgan fingerprint density at radius 3 is 2.20 bits per heavy atom. The second-order valence-electron chi connectivity index (χ2n) is 3.64. The number of halogens is 3. The zero-order valence-electron chi connectivity index (χ0n) is 10.0. The molecule has 0 aliphatic heterocycles. The van der Waals surface area contributed by atoms with E-state index in [1.807, 2.05) is 18.5 Å². The van der Waals surface area contributed by atoms with Gasteiger partial charge in [-0.25, -0.2) is 4.98 Å². The first kappa shape index (κ1) is 17.1. The maximum absolute atomic E-state index is 10.9. The molecule has 2 rings (SSSR count). The van der Waals surface area contributed by atoms with Gasteiger partial charge in [-0.2, -0.15) is 0 Å². The maximum Gasteiger partial charge on any atom is 0.235 e. The molecule has 0 atom stereocenters. The summed E-state index contributed by atoms with van der Waals surface area (Å²) in [6, 6.07) is 2.02. The van der Waals surface area contributed by atoms with Gasteiger partial charge in [0.25, 0.3) is 0 Å². The summed E-state index contributed by atoms with van der Waals surface area (Å²) in [4.78, 5) is 24.7. The van der Waals surface area contributed by atoms with Crippen LogP contribution in [-0.4, -0.2) is 16.7 Å². The number of allylic oxidation sites excluding steroid dienone is 2. The van der Waals surface area contributed by atoms with Crippen molar-refractivity contribution in [3.63, 3.8) is 0 Å². The van der Waals surface area contributed by atoms with E-state index in [1.165, 1.54) is 5.56 Å². The van der Waals surface area contributed by atoms with Crippen molar-refractivity contribution in [2.75, 3.05) is 0 Å². The molecule has 1 aromatic rings. The molecule has 1 aromatic heterocycles. The lowest BCUT2D eigenvalue weighted by Gasteiger charge is -2.17. The molecule has 0 unspecified atom stereocenters. The van der Waals surface area contributed by atoms with Crippen LogP contribution in [-0.2, 0) is 9.59 Å². The number of aliphatic hydroxyl groups excluding tert-OH is 1. The highest BCUT2D eigenvalue weighted by molar-refractivity contribution is 9.12. The van der Waals surface area contributed by atoms with E-state index in [-0.39, 0.29) is 4.48 Å². The quantitative estimate of drug-likeness (QED) is 0.587. The summed E-state index contributed by atoms with van der Waals surface area (Å²) in [5.41, 5.74) is 1.25. The number of rotatable bonds is 0. The van der Waals surface area contributed by atoms with Gasteiger partial charge in [-0.1, -0.05) is 0 Å². The number of ketones is 2. The summed E-state index contributed by atoms with van der Waals surface area (Å²) in [7, 11) is 0. The molecule has 2 N–H and O–H groups in total. The molecule has 0 saturated heterocycles. The standard InChI is InChI=1S/C6H2Br2O4.C6H6BrN/c7-1-3(9)5(11)2(8)6(12)4(1)10;1-5-2-3-8-4-6(5)7/h9,12H;2-4H,1H3. The number of Topliss-reactive ketones (excluding diaryl/α,β-unsaturated/α-hetero) is 2. The van der Waals surface area contributed by atoms with Crippen LogP contribution in [0, 0.1) is 6.92 Å². The number of nitrogens with one attached hydrogen (secondary N) is 1. The highest BCUT2D eigenvalue weighted by Crippen LogP contribution is 2.27. The Kier molecular flexibility index (Phi) is 6.09. The van der Waals surface area contributed by atoms with Gasteiger partial charge in [0.2, 0.25) is 5.78 Å². The third-order valence-corrected chi connectivity index (χ3v) is 4.55. The van der Waals surface area contributed by atoms with Gasteiger partial charge in [0, 0.05) is 6.07 Å². The largest absolute Gasteiger partial charge is 0.869 e. The molecule has 1 heterocycles. The Labute approximate surface area is 139 Å². The van der Waals surface area contributed by atoms with Crippen molar-refractivity contribution in [2.24, 2.45) is 0 Å². The molecule has 1 aliphatic carbocycles. The average Bonchev–Trinajstić information content (AvgIpc) is 2.45. The van der Waals surface area contributed by atoms with Crippen LogP contribution < -0.4 is 10.1 Å². The van der Waals surface area contributed by atoms with Crippen molar-refractivity contribution >= 4 is 59.4 Å². The van der Waals surface area contributed by atoms with Crippen molar-refractivity contribution < 1.29 is 24.8 Å². The minimum Gasteiger partial charge on any atom is -0.869 e. The van der Waals surface area contributed by atoms with Crippen LogP contribution in [0.15, 0.2) is 43.4 Å². The lowest BCUT2D eigenvalue weighted by atomic mass is 10.1. The van der Waals surface area contributed by atoms with Crippen LogP contribution in [0.1, 0.15) is 5.56 Å². The molecule has 1 aliphatic rings. The molecule has 8 heteroatoms. The predicted molar refractivity (Wildman–Crippen MR) is 80.0 cm³/mol. The van der Waals surface area contributed by atoms with Crippen LogP contribution >= 0.6 is 47.8 Å². The highest BCUT2D eigenvalue weighted by Gasteiger charge is 2.27. The number of H-pyrrole nitrogens is 1. The topological polar surface area (TPSA) is 91.6 Å². The Balaban J connectivity index is 0.000000217. The number of pyridine rings is 1. The van der Waals surface area contributed by atoms with Crippen molar-refractivity contribution in [1.29, 1.82) is 0 Å². The number of carbonyl (C=O) groups excluding carboxylic acids is 2. The lowest BCUT2D eigenvalue weighted by Crippen LogP contribution is -2.26. The SMILES string of the molecule is Cc1cc[nH+]cc1Br.O=C1C(O)=C(Br)C(=O)C([O-])=C1Br. The smallest absolute Gasteiger partial charge is 0.235 e. The van der Waals surface area contributed by atoms with Crippen molar-refractivity contribution in [3.8, 4) is 0 Å². The van der Waals surface area contributed by atoms with Crippen molar-refractivity contribution in [2.45, 2.75) is 6.92 Å². The molecule has 106 valence electrons. The van der Waals surface area contributed by atoms with Crippen molar-refractivity contribution in [1.82, 2.24) is 0 Å². The Morgan fingerprint density at radius 1 is 1.15 bits per heavy atom. The van der Waals surface area contributed by atoms with E-state index in [0.717, 1.165) is 4.47 Å². The maximum atomic E-state index is 10.9. The number of hydrogen-bond acceptors (Lipinski definition) is 4. The summed E-state index contributed by atoms with van der Waals surface area (Å²) < 4.78 is 0.300. The Hall–Kier alpha value is -0.990. The zero-order valence-corrected chi connectivity index (χ0v) is 14.8. The third kappa shape index (κ3) is 3.77. The van der Waals surface area contributed by atoms with Crippen LogP contribution in [0.5, 0.6) is 0 Å². The first-order valence-corrected chi connectivity index (χ1v) is 7.52. The molecular weight excluding hydrogens is 462 g/mol. The summed E-state index contributed by atoms with van der Waals surface area (Å²) in [6.07, 6.45) is 3.81. The first-order valence-electron chi connectivity index (χ1n) is 5.14.